The molecule has 0 saturated heterocycles. The summed E-state index contributed by atoms with van der Waals surface area (Å²) < 4.78 is 11.2. The number of hydrogen-bond donors (Lipinski definition) is 0. The van der Waals surface area contributed by atoms with Crippen molar-refractivity contribution in [1.82, 2.24) is 0 Å². The van der Waals surface area contributed by atoms with Crippen molar-refractivity contribution < 1.29 is 9.47 Å². The second-order valence-electron chi connectivity index (χ2n) is 8.94. The normalized spacial score (nSPS) is 15.4. The molecule has 0 aromatic heterocycles. The lowest BCUT2D eigenvalue weighted by Crippen LogP contribution is -2.36. The molecule has 2 heteroatoms. The van der Waals surface area contributed by atoms with Crippen LogP contribution in [0.2, 0.25) is 0 Å². The Kier molecular flexibility index (Phi) is 3.21. The van der Waals surface area contributed by atoms with E-state index in [1.165, 1.54) is 55.6 Å². The van der Waals surface area contributed by atoms with Crippen LogP contribution in [0.15, 0.2) is 72.8 Å². The third-order valence-corrected chi connectivity index (χ3v) is 7.57. The second-order valence-corrected chi connectivity index (χ2v) is 8.94. The van der Waals surface area contributed by atoms with Crippen LogP contribution in [-0.2, 0) is 18.3 Å². The number of methoxy groups -OCH3 is 2. The fourth-order valence-electron chi connectivity index (χ4n) is 6.44. The maximum absolute atomic E-state index is 5.59. The van der Waals surface area contributed by atoms with E-state index in [1.807, 2.05) is 0 Å². The Bertz CT molecular complexity index is 1300. The molecule has 0 unspecified atom stereocenters. The summed E-state index contributed by atoms with van der Waals surface area (Å²) >= 11 is 0. The standard InChI is InChI=1S/C29H22O2/c1-30-19-9-11-21-17(13-19)15-29-16-18-14-20(31-2)10-12-22(18)24-6-4-8-26(28(24)29)25-7-3-5-23(21)27(25)29/h3-14H,15-16H2,1-2H3. The van der Waals surface area contributed by atoms with Gasteiger partial charge >= 0.3 is 0 Å². The van der Waals surface area contributed by atoms with Crippen LogP contribution < -0.4 is 9.47 Å². The van der Waals surface area contributed by atoms with E-state index in [4.69, 9.17) is 9.47 Å². The average molecular weight is 402 g/mol. The van der Waals surface area contributed by atoms with E-state index in [0.29, 0.717) is 0 Å². The van der Waals surface area contributed by atoms with Crippen molar-refractivity contribution in [1.29, 1.82) is 0 Å². The van der Waals surface area contributed by atoms with Gasteiger partial charge in [0.05, 0.1) is 14.2 Å². The highest BCUT2D eigenvalue weighted by Crippen LogP contribution is 2.63. The molecule has 0 fully saturated rings. The van der Waals surface area contributed by atoms with Gasteiger partial charge in [-0.3, -0.25) is 0 Å². The van der Waals surface area contributed by atoms with Crippen molar-refractivity contribution in [2.24, 2.45) is 0 Å². The van der Waals surface area contributed by atoms with E-state index < -0.39 is 0 Å². The first-order chi connectivity index (χ1) is 15.2. The van der Waals surface area contributed by atoms with E-state index >= 15 is 0 Å². The summed E-state index contributed by atoms with van der Waals surface area (Å²) in [6, 6.07) is 26.8. The van der Waals surface area contributed by atoms with Crippen molar-refractivity contribution in [2.75, 3.05) is 14.2 Å². The molecule has 0 N–H and O–H groups in total. The van der Waals surface area contributed by atoms with E-state index in [2.05, 4.69) is 72.8 Å². The quantitative estimate of drug-likeness (QED) is 0.385. The van der Waals surface area contributed by atoms with Crippen LogP contribution >= 0.6 is 0 Å². The van der Waals surface area contributed by atoms with Gasteiger partial charge in [-0.2, -0.15) is 0 Å². The Morgan fingerprint density at radius 3 is 1.39 bits per heavy atom. The topological polar surface area (TPSA) is 18.5 Å². The van der Waals surface area contributed by atoms with Crippen LogP contribution in [0.3, 0.4) is 0 Å². The van der Waals surface area contributed by atoms with Crippen LogP contribution in [0.4, 0.5) is 0 Å². The summed E-state index contributed by atoms with van der Waals surface area (Å²) in [5, 5.41) is 0. The molecule has 31 heavy (non-hydrogen) atoms. The van der Waals surface area contributed by atoms with Crippen LogP contribution in [0.5, 0.6) is 11.5 Å². The molecule has 0 saturated carbocycles. The molecular formula is C29H22O2. The van der Waals surface area contributed by atoms with Gasteiger partial charge in [-0.1, -0.05) is 48.5 Å². The summed E-state index contributed by atoms with van der Waals surface area (Å²) in [6.45, 7) is 0. The molecule has 0 heterocycles. The minimum Gasteiger partial charge on any atom is -0.497 e. The third kappa shape index (κ3) is 2.03. The number of hydrogen-bond acceptors (Lipinski definition) is 2. The van der Waals surface area contributed by atoms with Gasteiger partial charge < -0.3 is 9.47 Å². The highest BCUT2D eigenvalue weighted by Gasteiger charge is 2.51. The lowest BCUT2D eigenvalue weighted by molar-refractivity contribution is 0.412. The first kappa shape index (κ1) is 17.2. The Labute approximate surface area is 182 Å². The van der Waals surface area contributed by atoms with Gasteiger partial charge in [0.25, 0.3) is 0 Å². The van der Waals surface area contributed by atoms with E-state index in [1.54, 1.807) is 14.2 Å². The highest BCUT2D eigenvalue weighted by molar-refractivity contribution is 5.97. The Morgan fingerprint density at radius 2 is 0.968 bits per heavy atom. The van der Waals surface area contributed by atoms with Crippen molar-refractivity contribution >= 4 is 0 Å². The van der Waals surface area contributed by atoms with Crippen molar-refractivity contribution in [3.63, 3.8) is 0 Å². The zero-order chi connectivity index (χ0) is 20.7. The molecule has 0 aliphatic heterocycles. The van der Waals surface area contributed by atoms with E-state index in [0.717, 1.165) is 24.3 Å². The van der Waals surface area contributed by atoms with Gasteiger partial charge in [0.15, 0.2) is 0 Å². The van der Waals surface area contributed by atoms with Gasteiger partial charge in [-0.05, 0) is 92.7 Å². The molecular weight excluding hydrogens is 380 g/mol. The predicted octanol–water partition coefficient (Wildman–Crippen LogP) is 6.42. The van der Waals surface area contributed by atoms with Gasteiger partial charge in [-0.15, -0.1) is 0 Å². The summed E-state index contributed by atoms with van der Waals surface area (Å²) in [5.41, 5.74) is 13.9. The summed E-state index contributed by atoms with van der Waals surface area (Å²) in [4.78, 5) is 0. The first-order valence-corrected chi connectivity index (χ1v) is 10.9. The smallest absolute Gasteiger partial charge is 0.119 e. The molecule has 3 aliphatic carbocycles. The zero-order valence-electron chi connectivity index (χ0n) is 17.7. The molecule has 0 bridgehead atoms. The SMILES string of the molecule is COc1ccc2c(c1)CC13Cc4cc(OC)ccc4-c4cccc(c41)-c1cccc-2c13. The average Bonchev–Trinajstić information content (AvgIpc) is 3.10. The molecule has 7 rings (SSSR count). The molecule has 1 spiro atoms. The van der Waals surface area contributed by atoms with E-state index in [9.17, 15) is 0 Å². The number of rotatable bonds is 2. The van der Waals surface area contributed by atoms with Gasteiger partial charge in [-0.25, -0.2) is 0 Å². The summed E-state index contributed by atoms with van der Waals surface area (Å²) in [6.07, 6.45) is 1.98. The lowest BCUT2D eigenvalue weighted by atomic mass is 9.60. The van der Waals surface area contributed by atoms with Crippen molar-refractivity contribution in [2.45, 2.75) is 18.3 Å². The van der Waals surface area contributed by atoms with E-state index in [-0.39, 0.29) is 5.41 Å². The Hall–Kier alpha value is -3.52. The second kappa shape index (κ2) is 5.79. The summed E-state index contributed by atoms with van der Waals surface area (Å²) in [7, 11) is 3.50. The van der Waals surface area contributed by atoms with Crippen LogP contribution in [0.1, 0.15) is 22.3 Å². The van der Waals surface area contributed by atoms with Gasteiger partial charge in [0.1, 0.15) is 11.5 Å². The predicted molar refractivity (Wildman–Crippen MR) is 124 cm³/mol. The Balaban J connectivity index is 1.59. The van der Waals surface area contributed by atoms with Gasteiger partial charge in [0, 0.05) is 5.41 Å². The fourth-order valence-corrected chi connectivity index (χ4v) is 6.44. The molecule has 0 radical (unpaired) electrons. The lowest BCUT2D eigenvalue weighted by Gasteiger charge is -2.42. The first-order valence-electron chi connectivity index (χ1n) is 10.9. The molecule has 4 aromatic rings. The Morgan fingerprint density at radius 1 is 0.548 bits per heavy atom. The minimum absolute atomic E-state index is 0.0451. The highest BCUT2D eigenvalue weighted by atomic mass is 16.5. The van der Waals surface area contributed by atoms with Crippen molar-refractivity contribution in [3.05, 3.63) is 95.1 Å². The van der Waals surface area contributed by atoms with Crippen LogP contribution in [0.25, 0.3) is 33.4 Å². The van der Waals surface area contributed by atoms with Crippen molar-refractivity contribution in [3.8, 4) is 44.9 Å². The van der Waals surface area contributed by atoms with Crippen LogP contribution in [0, 0.1) is 0 Å². The fraction of sp³-hybridized carbons (Fsp3) is 0.172. The molecule has 2 nitrogen and oxygen atoms in total. The molecule has 0 amide bonds. The molecule has 150 valence electrons. The number of benzene rings is 4. The molecule has 0 atom stereocenters. The number of ether oxygens (including phenoxy) is 2. The molecule has 3 aliphatic rings. The summed E-state index contributed by atoms with van der Waals surface area (Å²) in [5.74, 6) is 1.86. The zero-order valence-corrected chi connectivity index (χ0v) is 17.7. The van der Waals surface area contributed by atoms with Crippen LogP contribution in [-0.4, -0.2) is 14.2 Å². The van der Waals surface area contributed by atoms with Gasteiger partial charge in [0.2, 0.25) is 0 Å². The maximum atomic E-state index is 5.59. The third-order valence-electron chi connectivity index (χ3n) is 7.57. The molecule has 4 aromatic carbocycles. The number of fused-ring (bicyclic) bond motifs is 5. The maximum Gasteiger partial charge on any atom is 0.119 e. The minimum atomic E-state index is -0.0451. The monoisotopic (exact) mass is 402 g/mol. The largest absolute Gasteiger partial charge is 0.497 e.